The van der Waals surface area contributed by atoms with E-state index in [0.29, 0.717) is 10.6 Å². The first-order valence-corrected chi connectivity index (χ1v) is 10.0. The molecule has 3 N–H and O–H groups in total. The molecule has 0 radical (unpaired) electrons. The van der Waals surface area contributed by atoms with Crippen LogP contribution in [-0.2, 0) is 6.18 Å². The smallest absolute Gasteiger partial charge is 0.418 e. The van der Waals surface area contributed by atoms with Crippen molar-refractivity contribution in [3.05, 3.63) is 71.2 Å². The zero-order valence-corrected chi connectivity index (χ0v) is 17.1. The van der Waals surface area contributed by atoms with Crippen molar-refractivity contribution in [2.75, 3.05) is 10.6 Å². The fraction of sp³-hybridized carbons (Fsp3) is 0.0476. The number of phenols is 1. The second kappa shape index (κ2) is 8.09. The van der Waals surface area contributed by atoms with Crippen molar-refractivity contribution in [1.29, 1.82) is 0 Å². The van der Waals surface area contributed by atoms with Crippen molar-refractivity contribution in [3.63, 3.8) is 0 Å². The summed E-state index contributed by atoms with van der Waals surface area (Å²) in [7, 11) is 0. The third kappa shape index (κ3) is 4.42. The second-order valence-corrected chi connectivity index (χ2v) is 7.90. The minimum atomic E-state index is -4.64. The number of nitrogens with zero attached hydrogens (tertiary/aromatic N) is 1. The molecule has 31 heavy (non-hydrogen) atoms. The molecule has 4 aromatic rings. The van der Waals surface area contributed by atoms with Gasteiger partial charge in [0.15, 0.2) is 5.75 Å². The van der Waals surface area contributed by atoms with Gasteiger partial charge in [-0.15, -0.1) is 11.3 Å². The Morgan fingerprint density at radius 3 is 2.42 bits per heavy atom. The molecule has 0 bridgehead atoms. The number of phenolic OH excluding ortho intramolecular Hbond substituents is 1. The van der Waals surface area contributed by atoms with E-state index in [9.17, 15) is 23.1 Å². The zero-order valence-electron chi connectivity index (χ0n) is 15.5. The fourth-order valence-electron chi connectivity index (χ4n) is 2.93. The zero-order chi connectivity index (χ0) is 22.2. The van der Waals surface area contributed by atoms with Crippen molar-refractivity contribution in [2.45, 2.75) is 6.18 Å². The van der Waals surface area contributed by atoms with Gasteiger partial charge in [0.1, 0.15) is 5.01 Å². The van der Waals surface area contributed by atoms with E-state index in [1.807, 2.05) is 24.3 Å². The molecule has 5 nitrogen and oxygen atoms in total. The molecule has 0 atom stereocenters. The van der Waals surface area contributed by atoms with Crippen molar-refractivity contribution in [2.24, 2.45) is 0 Å². The SMILES string of the molecule is O=C(Nc1ccccc1C(F)(F)F)Nc1cc(-c2nc3ccccc3s2)cc(Cl)c1O. The molecule has 4 rings (SSSR count). The Bertz CT molecular complexity index is 1260. The molecular weight excluding hydrogens is 451 g/mol. The van der Waals surface area contributed by atoms with E-state index < -0.39 is 29.2 Å². The van der Waals surface area contributed by atoms with Crippen LogP contribution in [0.4, 0.5) is 29.3 Å². The number of aromatic hydroxyl groups is 1. The standard InChI is InChI=1S/C21H13ClF3N3O2S/c22-13-9-11(19-26-15-7-3-4-8-17(15)31-19)10-16(18(13)29)28-20(30)27-14-6-2-1-5-12(14)21(23,24)25/h1-10,29H,(H2,27,28,30). The maximum Gasteiger partial charge on any atom is 0.418 e. The van der Waals surface area contributed by atoms with Gasteiger partial charge in [0, 0.05) is 5.56 Å². The molecule has 2 amide bonds. The number of benzene rings is 3. The lowest BCUT2D eigenvalue weighted by Crippen LogP contribution is -2.22. The van der Waals surface area contributed by atoms with Crippen LogP contribution in [0, 0.1) is 0 Å². The van der Waals surface area contributed by atoms with E-state index in [0.717, 1.165) is 22.3 Å². The average Bonchev–Trinajstić information content (AvgIpc) is 3.15. The van der Waals surface area contributed by atoms with Crippen LogP contribution in [-0.4, -0.2) is 16.1 Å². The molecule has 0 fully saturated rings. The summed E-state index contributed by atoms with van der Waals surface area (Å²) in [4.78, 5) is 16.9. The normalized spacial score (nSPS) is 11.5. The number of nitrogens with one attached hydrogen (secondary N) is 2. The lowest BCUT2D eigenvalue weighted by atomic mass is 10.1. The van der Waals surface area contributed by atoms with Crippen molar-refractivity contribution < 1.29 is 23.1 Å². The number of fused-ring (bicyclic) bond motifs is 1. The van der Waals surface area contributed by atoms with Gasteiger partial charge >= 0.3 is 12.2 Å². The maximum absolute atomic E-state index is 13.1. The highest BCUT2D eigenvalue weighted by Gasteiger charge is 2.33. The Morgan fingerprint density at radius 2 is 1.68 bits per heavy atom. The molecule has 0 saturated carbocycles. The van der Waals surface area contributed by atoms with Gasteiger partial charge < -0.3 is 15.7 Å². The molecule has 3 aromatic carbocycles. The number of hydrogen-bond donors (Lipinski definition) is 3. The number of carbonyl (C=O) groups is 1. The van der Waals surface area contributed by atoms with Crippen LogP contribution in [0.3, 0.4) is 0 Å². The topological polar surface area (TPSA) is 74.2 Å². The quantitative estimate of drug-likeness (QED) is 0.287. The predicted molar refractivity (Wildman–Crippen MR) is 116 cm³/mol. The molecule has 1 heterocycles. The average molecular weight is 464 g/mol. The second-order valence-electron chi connectivity index (χ2n) is 6.46. The monoisotopic (exact) mass is 463 g/mol. The Morgan fingerprint density at radius 1 is 1.00 bits per heavy atom. The van der Waals surface area contributed by atoms with Gasteiger partial charge in [-0.2, -0.15) is 13.2 Å². The van der Waals surface area contributed by atoms with E-state index in [2.05, 4.69) is 15.6 Å². The van der Waals surface area contributed by atoms with E-state index >= 15 is 0 Å². The van der Waals surface area contributed by atoms with Gasteiger partial charge in [0.05, 0.1) is 32.2 Å². The minimum absolute atomic E-state index is 0.0391. The summed E-state index contributed by atoms with van der Waals surface area (Å²) < 4.78 is 40.4. The third-order valence-corrected chi connectivity index (χ3v) is 5.71. The summed E-state index contributed by atoms with van der Waals surface area (Å²) in [5.41, 5.74) is -0.155. The van der Waals surface area contributed by atoms with Gasteiger partial charge in [-0.3, -0.25) is 0 Å². The first-order valence-electron chi connectivity index (χ1n) is 8.85. The first kappa shape index (κ1) is 21.0. The summed E-state index contributed by atoms with van der Waals surface area (Å²) in [5.74, 6) is -0.411. The Balaban J connectivity index is 1.62. The van der Waals surface area contributed by atoms with Gasteiger partial charge in [0.2, 0.25) is 0 Å². The van der Waals surface area contributed by atoms with Crippen LogP contribution in [0.2, 0.25) is 5.02 Å². The van der Waals surface area contributed by atoms with Crippen LogP contribution in [0.25, 0.3) is 20.8 Å². The summed E-state index contributed by atoms with van der Waals surface area (Å²) in [6.07, 6.45) is -4.64. The summed E-state index contributed by atoms with van der Waals surface area (Å²) in [6.45, 7) is 0. The number of alkyl halides is 3. The molecule has 0 aliphatic rings. The highest BCUT2D eigenvalue weighted by atomic mass is 35.5. The van der Waals surface area contributed by atoms with Crippen LogP contribution in [0.5, 0.6) is 5.75 Å². The van der Waals surface area contributed by atoms with Crippen molar-refractivity contribution >= 4 is 50.6 Å². The molecular formula is C21H13ClF3N3O2S. The Labute approximate surface area is 183 Å². The van der Waals surface area contributed by atoms with Crippen LogP contribution in [0.1, 0.15) is 5.56 Å². The fourth-order valence-corrected chi connectivity index (χ4v) is 4.10. The number of para-hydroxylation sites is 2. The lowest BCUT2D eigenvalue weighted by molar-refractivity contribution is -0.136. The van der Waals surface area contributed by atoms with Crippen molar-refractivity contribution in [3.8, 4) is 16.3 Å². The molecule has 1 aromatic heterocycles. The van der Waals surface area contributed by atoms with E-state index in [1.165, 1.54) is 35.6 Å². The molecule has 10 heteroatoms. The number of rotatable bonds is 3. The summed E-state index contributed by atoms with van der Waals surface area (Å²) in [6, 6.07) is 14.0. The van der Waals surface area contributed by atoms with Gasteiger partial charge in [-0.05, 0) is 36.4 Å². The van der Waals surface area contributed by atoms with Crippen molar-refractivity contribution in [1.82, 2.24) is 4.98 Å². The van der Waals surface area contributed by atoms with Gasteiger partial charge in [-0.1, -0.05) is 35.9 Å². The van der Waals surface area contributed by atoms with E-state index in [4.69, 9.17) is 11.6 Å². The number of carbonyl (C=O) groups excluding carboxylic acids is 1. The minimum Gasteiger partial charge on any atom is -0.504 e. The first-order chi connectivity index (χ1) is 14.7. The number of amides is 2. The molecule has 0 aliphatic carbocycles. The number of aromatic nitrogens is 1. The number of hydrogen-bond acceptors (Lipinski definition) is 4. The molecule has 0 aliphatic heterocycles. The largest absolute Gasteiger partial charge is 0.504 e. The Hall–Kier alpha value is -3.30. The molecule has 158 valence electrons. The van der Waals surface area contributed by atoms with E-state index in [1.54, 1.807) is 0 Å². The number of thiazole rings is 1. The van der Waals surface area contributed by atoms with E-state index in [-0.39, 0.29) is 10.7 Å². The summed E-state index contributed by atoms with van der Waals surface area (Å²) >= 11 is 7.50. The highest BCUT2D eigenvalue weighted by Crippen LogP contribution is 2.39. The number of halogens is 4. The van der Waals surface area contributed by atoms with Crippen LogP contribution in [0.15, 0.2) is 60.7 Å². The highest BCUT2D eigenvalue weighted by molar-refractivity contribution is 7.21. The van der Waals surface area contributed by atoms with Crippen LogP contribution < -0.4 is 10.6 Å². The number of anilines is 2. The Kier molecular flexibility index (Phi) is 5.47. The summed E-state index contributed by atoms with van der Waals surface area (Å²) in [5, 5.41) is 15.3. The number of urea groups is 1. The molecule has 0 unspecified atom stereocenters. The lowest BCUT2D eigenvalue weighted by Gasteiger charge is -2.15. The van der Waals surface area contributed by atoms with Gasteiger partial charge in [0.25, 0.3) is 0 Å². The molecule has 0 spiro atoms. The van der Waals surface area contributed by atoms with Crippen LogP contribution >= 0.6 is 22.9 Å². The molecule has 0 saturated heterocycles. The maximum atomic E-state index is 13.1. The van der Waals surface area contributed by atoms with Gasteiger partial charge in [-0.25, -0.2) is 9.78 Å². The third-order valence-electron chi connectivity index (χ3n) is 4.33. The predicted octanol–water partition coefficient (Wildman–Crippen LogP) is 6.99.